The van der Waals surface area contributed by atoms with Crippen LogP contribution in [0.25, 0.3) is 0 Å². The van der Waals surface area contributed by atoms with Gasteiger partial charge in [-0.3, -0.25) is 4.79 Å². The molecule has 98 valence electrons. The average Bonchev–Trinajstić information content (AvgIpc) is 2.80. The SMILES string of the molecule is COCC1CCN(C(=O)c2cc(Br)ccc2Cl)C1. The molecule has 1 fully saturated rings. The Balaban J connectivity index is 2.10. The topological polar surface area (TPSA) is 29.5 Å². The lowest BCUT2D eigenvalue weighted by Crippen LogP contribution is -2.29. The number of rotatable bonds is 3. The van der Waals surface area contributed by atoms with Gasteiger partial charge in [-0.05, 0) is 24.6 Å². The average molecular weight is 333 g/mol. The molecule has 1 atom stereocenters. The molecular weight excluding hydrogens is 318 g/mol. The third-order valence-electron chi connectivity index (χ3n) is 3.13. The molecule has 1 amide bonds. The van der Waals surface area contributed by atoms with Crippen LogP contribution in [0.2, 0.25) is 5.02 Å². The van der Waals surface area contributed by atoms with Crippen LogP contribution in [0.4, 0.5) is 0 Å². The first-order chi connectivity index (χ1) is 8.61. The molecule has 0 bridgehead atoms. The van der Waals surface area contributed by atoms with Crippen molar-refractivity contribution in [2.75, 3.05) is 26.8 Å². The summed E-state index contributed by atoms with van der Waals surface area (Å²) in [5, 5.41) is 0.499. The molecule has 1 unspecified atom stereocenters. The second-order valence-corrected chi connectivity index (χ2v) is 5.81. The molecule has 1 aromatic rings. The summed E-state index contributed by atoms with van der Waals surface area (Å²) in [7, 11) is 1.69. The van der Waals surface area contributed by atoms with Gasteiger partial charge >= 0.3 is 0 Å². The minimum absolute atomic E-state index is 0.0000898. The lowest BCUT2D eigenvalue weighted by Gasteiger charge is -2.17. The predicted octanol–water partition coefficient (Wildman–Crippen LogP) is 3.21. The van der Waals surface area contributed by atoms with Crippen molar-refractivity contribution in [2.24, 2.45) is 5.92 Å². The van der Waals surface area contributed by atoms with E-state index in [1.807, 2.05) is 11.0 Å². The van der Waals surface area contributed by atoms with Crippen molar-refractivity contribution in [3.8, 4) is 0 Å². The predicted molar refractivity (Wildman–Crippen MR) is 75.0 cm³/mol. The zero-order valence-electron chi connectivity index (χ0n) is 10.2. The summed E-state index contributed by atoms with van der Waals surface area (Å²) in [5.41, 5.74) is 0.559. The first-order valence-corrected chi connectivity index (χ1v) is 7.02. The fraction of sp³-hybridized carbons (Fsp3) is 0.462. The number of carbonyl (C=O) groups is 1. The highest BCUT2D eigenvalue weighted by molar-refractivity contribution is 9.10. The number of likely N-dealkylation sites (tertiary alicyclic amines) is 1. The van der Waals surface area contributed by atoms with Gasteiger partial charge in [0.15, 0.2) is 0 Å². The van der Waals surface area contributed by atoms with E-state index in [0.29, 0.717) is 23.1 Å². The molecule has 5 heteroatoms. The third kappa shape index (κ3) is 3.05. The lowest BCUT2D eigenvalue weighted by atomic mass is 10.1. The van der Waals surface area contributed by atoms with E-state index in [4.69, 9.17) is 16.3 Å². The molecule has 0 saturated carbocycles. The van der Waals surface area contributed by atoms with Gasteiger partial charge in [0.25, 0.3) is 5.91 Å². The Bertz CT molecular complexity index is 453. The summed E-state index contributed by atoms with van der Waals surface area (Å²) in [6, 6.07) is 5.34. The standard InChI is InChI=1S/C13H15BrClNO2/c1-18-8-9-4-5-16(7-9)13(17)11-6-10(14)2-3-12(11)15/h2-3,6,9H,4-5,7-8H2,1H3. The molecule has 1 heterocycles. The van der Waals surface area contributed by atoms with Crippen molar-refractivity contribution in [1.29, 1.82) is 0 Å². The second-order valence-electron chi connectivity index (χ2n) is 4.49. The molecule has 0 aliphatic carbocycles. The number of halogens is 2. The van der Waals surface area contributed by atoms with Crippen molar-refractivity contribution in [1.82, 2.24) is 4.90 Å². The molecule has 0 aromatic heterocycles. The van der Waals surface area contributed by atoms with E-state index in [9.17, 15) is 4.79 Å². The Morgan fingerprint density at radius 3 is 3.11 bits per heavy atom. The van der Waals surface area contributed by atoms with Crippen molar-refractivity contribution >= 4 is 33.4 Å². The molecule has 0 radical (unpaired) electrons. The van der Waals surface area contributed by atoms with E-state index in [2.05, 4.69) is 15.9 Å². The minimum atomic E-state index is -0.0000898. The summed E-state index contributed by atoms with van der Waals surface area (Å²) < 4.78 is 5.99. The van der Waals surface area contributed by atoms with Gasteiger partial charge in [0.2, 0.25) is 0 Å². The Kier molecular flexibility index (Phi) is 4.65. The summed E-state index contributed by atoms with van der Waals surface area (Å²) in [5.74, 6) is 0.435. The Morgan fingerprint density at radius 2 is 2.39 bits per heavy atom. The molecule has 18 heavy (non-hydrogen) atoms. The summed E-state index contributed by atoms with van der Waals surface area (Å²) >= 11 is 9.43. The summed E-state index contributed by atoms with van der Waals surface area (Å²) in [6.07, 6.45) is 0.991. The molecule has 1 aliphatic heterocycles. The zero-order chi connectivity index (χ0) is 13.1. The van der Waals surface area contributed by atoms with Gasteiger partial charge in [-0.25, -0.2) is 0 Å². The van der Waals surface area contributed by atoms with Crippen molar-refractivity contribution in [3.63, 3.8) is 0 Å². The molecule has 1 aromatic carbocycles. The smallest absolute Gasteiger partial charge is 0.255 e. The van der Waals surface area contributed by atoms with Crippen LogP contribution in [0.5, 0.6) is 0 Å². The monoisotopic (exact) mass is 331 g/mol. The van der Waals surface area contributed by atoms with Gasteiger partial charge in [-0.1, -0.05) is 27.5 Å². The number of methoxy groups -OCH3 is 1. The quantitative estimate of drug-likeness (QED) is 0.850. The van der Waals surface area contributed by atoms with Crippen LogP contribution in [-0.2, 0) is 4.74 Å². The van der Waals surface area contributed by atoms with Crippen LogP contribution < -0.4 is 0 Å². The number of hydrogen-bond acceptors (Lipinski definition) is 2. The molecule has 0 spiro atoms. The fourth-order valence-corrected chi connectivity index (χ4v) is 2.78. The Morgan fingerprint density at radius 1 is 1.61 bits per heavy atom. The number of carbonyl (C=O) groups excluding carboxylic acids is 1. The van der Waals surface area contributed by atoms with Gasteiger partial charge in [0, 0.05) is 30.6 Å². The van der Waals surface area contributed by atoms with Gasteiger partial charge in [-0.2, -0.15) is 0 Å². The van der Waals surface area contributed by atoms with Crippen molar-refractivity contribution in [2.45, 2.75) is 6.42 Å². The highest BCUT2D eigenvalue weighted by Gasteiger charge is 2.27. The van der Waals surface area contributed by atoms with Crippen LogP contribution in [0.1, 0.15) is 16.8 Å². The second kappa shape index (κ2) is 6.04. The van der Waals surface area contributed by atoms with Crippen LogP contribution in [0, 0.1) is 5.92 Å². The van der Waals surface area contributed by atoms with Crippen LogP contribution in [0.3, 0.4) is 0 Å². The number of amides is 1. The van der Waals surface area contributed by atoms with Crippen molar-refractivity contribution in [3.05, 3.63) is 33.3 Å². The van der Waals surface area contributed by atoms with E-state index in [1.165, 1.54) is 0 Å². The third-order valence-corrected chi connectivity index (χ3v) is 3.96. The van der Waals surface area contributed by atoms with Crippen LogP contribution in [-0.4, -0.2) is 37.6 Å². The summed E-state index contributed by atoms with van der Waals surface area (Å²) in [4.78, 5) is 14.2. The molecular formula is C13H15BrClNO2. The fourth-order valence-electron chi connectivity index (χ4n) is 2.22. The van der Waals surface area contributed by atoms with E-state index in [-0.39, 0.29) is 5.91 Å². The maximum Gasteiger partial charge on any atom is 0.255 e. The van der Waals surface area contributed by atoms with E-state index in [1.54, 1.807) is 19.2 Å². The number of hydrogen-bond donors (Lipinski definition) is 0. The number of nitrogens with zero attached hydrogens (tertiary/aromatic N) is 1. The highest BCUT2D eigenvalue weighted by atomic mass is 79.9. The summed E-state index contributed by atoms with van der Waals surface area (Å²) in [6.45, 7) is 2.22. The molecule has 1 saturated heterocycles. The highest BCUT2D eigenvalue weighted by Crippen LogP contribution is 2.25. The maximum absolute atomic E-state index is 12.3. The largest absolute Gasteiger partial charge is 0.384 e. The van der Waals surface area contributed by atoms with E-state index < -0.39 is 0 Å². The maximum atomic E-state index is 12.3. The van der Waals surface area contributed by atoms with Gasteiger partial charge < -0.3 is 9.64 Å². The number of ether oxygens (including phenoxy) is 1. The zero-order valence-corrected chi connectivity index (χ0v) is 12.5. The first-order valence-electron chi connectivity index (χ1n) is 5.85. The number of benzene rings is 1. The lowest BCUT2D eigenvalue weighted by molar-refractivity contribution is 0.0775. The van der Waals surface area contributed by atoms with E-state index in [0.717, 1.165) is 24.0 Å². The minimum Gasteiger partial charge on any atom is -0.384 e. The first kappa shape index (κ1) is 13.8. The normalized spacial score (nSPS) is 19.3. The molecule has 0 N–H and O–H groups in total. The van der Waals surface area contributed by atoms with Gasteiger partial charge in [0.05, 0.1) is 17.2 Å². The molecule has 3 nitrogen and oxygen atoms in total. The Labute approximate surface area is 120 Å². The molecule has 2 rings (SSSR count). The molecule has 1 aliphatic rings. The van der Waals surface area contributed by atoms with Crippen molar-refractivity contribution < 1.29 is 9.53 Å². The van der Waals surface area contributed by atoms with Gasteiger partial charge in [0.1, 0.15) is 0 Å². The van der Waals surface area contributed by atoms with Gasteiger partial charge in [-0.15, -0.1) is 0 Å². The van der Waals surface area contributed by atoms with E-state index >= 15 is 0 Å². The Hall–Kier alpha value is -0.580. The van der Waals surface area contributed by atoms with Crippen LogP contribution in [0.15, 0.2) is 22.7 Å². The van der Waals surface area contributed by atoms with Crippen LogP contribution >= 0.6 is 27.5 Å².